The molecule has 0 bridgehead atoms. The van der Waals surface area contributed by atoms with Gasteiger partial charge in [-0.3, -0.25) is 0 Å². The average molecular weight is 196 g/mol. The summed E-state index contributed by atoms with van der Waals surface area (Å²) >= 11 is 0. The fourth-order valence-electron chi connectivity index (χ4n) is 1.41. The molecule has 0 aliphatic heterocycles. The van der Waals surface area contributed by atoms with Crippen molar-refractivity contribution in [3.05, 3.63) is 11.8 Å². The third-order valence-corrected chi connectivity index (χ3v) is 2.25. The Morgan fingerprint density at radius 1 is 1.43 bits per heavy atom. The summed E-state index contributed by atoms with van der Waals surface area (Å²) in [6, 6.07) is 0. The van der Waals surface area contributed by atoms with Gasteiger partial charge >= 0.3 is 0 Å². The third-order valence-electron chi connectivity index (χ3n) is 2.25. The maximum Gasteiger partial charge on any atom is 0.213 e. The van der Waals surface area contributed by atoms with Crippen molar-refractivity contribution in [2.45, 2.75) is 52.5 Å². The Morgan fingerprint density at radius 3 is 2.50 bits per heavy atom. The Morgan fingerprint density at radius 2 is 2.07 bits per heavy atom. The maximum absolute atomic E-state index is 9.89. The van der Waals surface area contributed by atoms with Crippen molar-refractivity contribution >= 4 is 0 Å². The van der Waals surface area contributed by atoms with Crippen molar-refractivity contribution < 1.29 is 5.11 Å². The first-order chi connectivity index (χ1) is 6.46. The van der Waals surface area contributed by atoms with E-state index in [2.05, 4.69) is 12.0 Å². The highest BCUT2D eigenvalue weighted by Gasteiger charge is 2.19. The normalized spacial score (nSPS) is 12.0. The lowest BCUT2D eigenvalue weighted by Gasteiger charge is -2.20. The minimum Gasteiger partial charge on any atom is -0.493 e. The molecular formula is C11H20N2O. The molecule has 0 fully saturated rings. The summed E-state index contributed by atoms with van der Waals surface area (Å²) in [7, 11) is 0. The van der Waals surface area contributed by atoms with Crippen LogP contribution in [0.2, 0.25) is 0 Å². The topological polar surface area (TPSA) is 38.0 Å². The summed E-state index contributed by atoms with van der Waals surface area (Å²) in [6.45, 7) is 8.24. The van der Waals surface area contributed by atoms with Gasteiger partial charge in [0, 0.05) is 5.56 Å². The largest absolute Gasteiger partial charge is 0.493 e. The lowest BCUT2D eigenvalue weighted by atomic mass is 10.1. The molecular weight excluding hydrogens is 176 g/mol. The van der Waals surface area contributed by atoms with Crippen molar-refractivity contribution in [1.82, 2.24) is 9.78 Å². The smallest absolute Gasteiger partial charge is 0.213 e. The van der Waals surface area contributed by atoms with Gasteiger partial charge in [0.1, 0.15) is 0 Å². The second-order valence-corrected chi connectivity index (χ2v) is 4.68. The van der Waals surface area contributed by atoms with Gasteiger partial charge in [-0.1, -0.05) is 13.3 Å². The van der Waals surface area contributed by atoms with E-state index in [0.29, 0.717) is 5.88 Å². The number of aryl methyl sites for hydroxylation is 1. The molecule has 0 atom stereocenters. The van der Waals surface area contributed by atoms with Gasteiger partial charge in [0.05, 0.1) is 11.7 Å². The molecule has 0 unspecified atom stereocenters. The predicted octanol–water partition coefficient (Wildman–Crippen LogP) is 2.69. The number of nitrogens with zero attached hydrogens (tertiary/aromatic N) is 2. The first-order valence-corrected chi connectivity index (χ1v) is 5.23. The van der Waals surface area contributed by atoms with E-state index in [1.807, 2.05) is 20.8 Å². The number of hydrogen-bond donors (Lipinski definition) is 1. The van der Waals surface area contributed by atoms with Crippen molar-refractivity contribution in [1.29, 1.82) is 0 Å². The lowest BCUT2D eigenvalue weighted by Crippen LogP contribution is -2.22. The first kappa shape index (κ1) is 11.1. The molecule has 0 aromatic carbocycles. The fraction of sp³-hybridized carbons (Fsp3) is 0.727. The zero-order valence-corrected chi connectivity index (χ0v) is 9.54. The van der Waals surface area contributed by atoms with E-state index < -0.39 is 0 Å². The van der Waals surface area contributed by atoms with Crippen LogP contribution in [0, 0.1) is 0 Å². The predicted molar refractivity (Wildman–Crippen MR) is 57.5 cm³/mol. The molecule has 0 aliphatic carbocycles. The van der Waals surface area contributed by atoms with Crippen LogP contribution in [0.4, 0.5) is 0 Å². The van der Waals surface area contributed by atoms with Crippen LogP contribution in [-0.4, -0.2) is 14.9 Å². The van der Waals surface area contributed by atoms with E-state index in [0.717, 1.165) is 24.8 Å². The Bertz CT molecular complexity index is 297. The quantitative estimate of drug-likeness (QED) is 0.807. The number of hydrogen-bond acceptors (Lipinski definition) is 2. The van der Waals surface area contributed by atoms with E-state index in [1.165, 1.54) is 0 Å². The summed E-state index contributed by atoms with van der Waals surface area (Å²) in [5.41, 5.74) is 0.816. The molecule has 1 heterocycles. The molecule has 0 spiro atoms. The maximum atomic E-state index is 9.89. The molecule has 3 heteroatoms. The highest BCUT2D eigenvalue weighted by molar-refractivity contribution is 5.23. The van der Waals surface area contributed by atoms with Crippen LogP contribution in [0.1, 0.15) is 46.1 Å². The molecule has 14 heavy (non-hydrogen) atoms. The first-order valence-electron chi connectivity index (χ1n) is 5.23. The van der Waals surface area contributed by atoms with Gasteiger partial charge in [-0.25, -0.2) is 4.68 Å². The molecule has 1 N–H and O–H groups in total. The van der Waals surface area contributed by atoms with Gasteiger partial charge in [-0.05, 0) is 33.6 Å². The summed E-state index contributed by atoms with van der Waals surface area (Å²) < 4.78 is 1.68. The summed E-state index contributed by atoms with van der Waals surface area (Å²) in [5.74, 6) is 0.325. The van der Waals surface area contributed by atoms with Crippen LogP contribution in [-0.2, 0) is 12.0 Å². The van der Waals surface area contributed by atoms with Crippen molar-refractivity contribution in [2.75, 3.05) is 0 Å². The minimum atomic E-state index is -0.144. The van der Waals surface area contributed by atoms with Gasteiger partial charge in [0.25, 0.3) is 0 Å². The van der Waals surface area contributed by atoms with Gasteiger partial charge in [-0.2, -0.15) is 5.10 Å². The van der Waals surface area contributed by atoms with Crippen LogP contribution in [0.3, 0.4) is 0 Å². The molecule has 0 saturated heterocycles. The van der Waals surface area contributed by atoms with Crippen molar-refractivity contribution in [3.63, 3.8) is 0 Å². The van der Waals surface area contributed by atoms with Crippen LogP contribution < -0.4 is 0 Å². The Hall–Kier alpha value is -0.990. The molecule has 3 nitrogen and oxygen atoms in total. The molecule has 80 valence electrons. The molecule has 0 amide bonds. The van der Waals surface area contributed by atoms with Gasteiger partial charge in [-0.15, -0.1) is 0 Å². The number of rotatable bonds is 3. The van der Waals surface area contributed by atoms with Gasteiger partial charge < -0.3 is 5.11 Å². The second kappa shape index (κ2) is 4.03. The fourth-order valence-corrected chi connectivity index (χ4v) is 1.41. The Balaban J connectivity index is 2.86. The van der Waals surface area contributed by atoms with Crippen LogP contribution in [0.15, 0.2) is 6.20 Å². The molecule has 0 radical (unpaired) electrons. The van der Waals surface area contributed by atoms with Crippen molar-refractivity contribution in [2.24, 2.45) is 0 Å². The van der Waals surface area contributed by atoms with E-state index in [-0.39, 0.29) is 5.54 Å². The number of unbranched alkanes of at least 4 members (excludes halogenated alkanes) is 1. The standard InChI is InChI=1S/C11H20N2O/c1-5-6-7-9-8-12-13(10(9)14)11(2,3)4/h8,14H,5-7H2,1-4H3. The third kappa shape index (κ3) is 2.28. The van der Waals surface area contributed by atoms with E-state index >= 15 is 0 Å². The SMILES string of the molecule is CCCCc1cnn(C(C)(C)C)c1O. The number of aromatic hydroxyl groups is 1. The van der Waals surface area contributed by atoms with E-state index in [4.69, 9.17) is 0 Å². The molecule has 0 saturated carbocycles. The summed E-state index contributed by atoms with van der Waals surface area (Å²) in [5, 5.41) is 14.1. The highest BCUT2D eigenvalue weighted by Crippen LogP contribution is 2.25. The zero-order chi connectivity index (χ0) is 10.8. The second-order valence-electron chi connectivity index (χ2n) is 4.68. The summed E-state index contributed by atoms with van der Waals surface area (Å²) in [4.78, 5) is 0. The van der Waals surface area contributed by atoms with Crippen LogP contribution >= 0.6 is 0 Å². The Kier molecular flexibility index (Phi) is 3.19. The molecule has 1 aromatic rings. The van der Waals surface area contributed by atoms with Gasteiger partial charge in [0.2, 0.25) is 5.88 Å². The monoisotopic (exact) mass is 196 g/mol. The summed E-state index contributed by atoms with van der Waals surface area (Å²) in [6.07, 6.45) is 4.93. The van der Waals surface area contributed by atoms with Gasteiger partial charge in [0.15, 0.2) is 0 Å². The average Bonchev–Trinajstić information content (AvgIpc) is 2.42. The van der Waals surface area contributed by atoms with E-state index in [1.54, 1.807) is 10.9 Å². The van der Waals surface area contributed by atoms with E-state index in [9.17, 15) is 5.11 Å². The highest BCUT2D eigenvalue weighted by atomic mass is 16.3. The molecule has 1 aromatic heterocycles. The van der Waals surface area contributed by atoms with Crippen molar-refractivity contribution in [3.8, 4) is 5.88 Å². The number of aromatic nitrogens is 2. The lowest BCUT2D eigenvalue weighted by molar-refractivity contribution is 0.293. The zero-order valence-electron chi connectivity index (χ0n) is 9.54. The minimum absolute atomic E-state index is 0.144. The molecule has 0 aliphatic rings. The van der Waals surface area contributed by atoms with Crippen LogP contribution in [0.5, 0.6) is 5.88 Å². The molecule has 1 rings (SSSR count). The van der Waals surface area contributed by atoms with Crippen LogP contribution in [0.25, 0.3) is 0 Å². The Labute approximate surface area is 85.8 Å².